The van der Waals surface area contributed by atoms with Gasteiger partial charge in [0.05, 0.1) is 14.2 Å². The van der Waals surface area contributed by atoms with Crippen molar-refractivity contribution in [2.24, 2.45) is 0 Å². The molecule has 0 spiro atoms. The molecule has 0 N–H and O–H groups in total. The van der Waals surface area contributed by atoms with E-state index in [0.717, 1.165) is 17.7 Å². The molecule has 0 saturated heterocycles. The number of anilines is 1. The Kier molecular flexibility index (Phi) is 7.28. The Bertz CT molecular complexity index is 910. The summed E-state index contributed by atoms with van der Waals surface area (Å²) in [6.07, 6.45) is 1.80. The van der Waals surface area contributed by atoms with Gasteiger partial charge < -0.3 is 14.4 Å². The molecule has 0 saturated carbocycles. The number of ether oxygens (including phenoxy) is 2. The van der Waals surface area contributed by atoms with E-state index in [0.29, 0.717) is 30.9 Å². The van der Waals surface area contributed by atoms with E-state index in [2.05, 4.69) is 12.1 Å². The zero-order valence-corrected chi connectivity index (χ0v) is 17.0. The predicted octanol–water partition coefficient (Wildman–Crippen LogP) is 4.91. The summed E-state index contributed by atoms with van der Waals surface area (Å²) in [6.45, 7) is 0.641. The second-order valence-corrected chi connectivity index (χ2v) is 6.77. The lowest BCUT2D eigenvalue weighted by Gasteiger charge is -2.23. The summed E-state index contributed by atoms with van der Waals surface area (Å²) in [5, 5.41) is 0. The Balaban J connectivity index is 1.73. The van der Waals surface area contributed by atoms with E-state index < -0.39 is 0 Å². The fourth-order valence-corrected chi connectivity index (χ4v) is 3.42. The van der Waals surface area contributed by atoms with Crippen molar-refractivity contribution in [2.45, 2.75) is 19.3 Å². The highest BCUT2D eigenvalue weighted by Gasteiger charge is 2.17. The molecule has 0 aromatic heterocycles. The average molecular weight is 389 g/mol. The van der Waals surface area contributed by atoms with Gasteiger partial charge in [-0.15, -0.1) is 0 Å². The molecular weight excluding hydrogens is 362 g/mol. The van der Waals surface area contributed by atoms with Crippen molar-refractivity contribution in [3.63, 3.8) is 0 Å². The van der Waals surface area contributed by atoms with E-state index >= 15 is 0 Å². The van der Waals surface area contributed by atoms with Crippen molar-refractivity contribution in [3.05, 3.63) is 90.0 Å². The summed E-state index contributed by atoms with van der Waals surface area (Å²) >= 11 is 0. The first-order valence-electron chi connectivity index (χ1n) is 9.82. The van der Waals surface area contributed by atoms with Crippen LogP contribution in [0.1, 0.15) is 17.5 Å². The van der Waals surface area contributed by atoms with E-state index in [-0.39, 0.29) is 5.91 Å². The van der Waals surface area contributed by atoms with E-state index in [1.165, 1.54) is 5.56 Å². The van der Waals surface area contributed by atoms with Gasteiger partial charge in [0, 0.05) is 18.7 Å². The molecule has 150 valence electrons. The molecule has 1 amide bonds. The summed E-state index contributed by atoms with van der Waals surface area (Å²) in [5.74, 6) is 1.47. The van der Waals surface area contributed by atoms with Gasteiger partial charge in [-0.1, -0.05) is 60.7 Å². The molecule has 0 unspecified atom stereocenters. The van der Waals surface area contributed by atoms with Crippen molar-refractivity contribution in [1.82, 2.24) is 0 Å². The summed E-state index contributed by atoms with van der Waals surface area (Å²) in [7, 11) is 3.24. The number of benzene rings is 3. The highest BCUT2D eigenvalue weighted by molar-refractivity contribution is 5.93. The lowest BCUT2D eigenvalue weighted by molar-refractivity contribution is -0.118. The standard InChI is InChI=1S/C25H27NO3/c1-28-23-15-9-12-21(25(23)29-2)16-17-24(27)26(22-13-7-4-8-14-22)19-18-20-10-5-3-6-11-20/h3-15H,16-19H2,1-2H3. The molecule has 3 aromatic carbocycles. The van der Waals surface area contributed by atoms with E-state index in [9.17, 15) is 4.79 Å². The van der Waals surface area contributed by atoms with Gasteiger partial charge in [-0.25, -0.2) is 0 Å². The smallest absolute Gasteiger partial charge is 0.227 e. The second-order valence-electron chi connectivity index (χ2n) is 6.77. The number of nitrogens with zero attached hydrogens (tertiary/aromatic N) is 1. The van der Waals surface area contributed by atoms with Gasteiger partial charge in [-0.05, 0) is 42.2 Å². The van der Waals surface area contributed by atoms with Crippen LogP contribution in [0, 0.1) is 0 Å². The quantitative estimate of drug-likeness (QED) is 0.522. The second kappa shape index (κ2) is 10.3. The number of aryl methyl sites for hydroxylation is 1. The molecular formula is C25H27NO3. The first-order valence-corrected chi connectivity index (χ1v) is 9.82. The molecule has 3 aromatic rings. The average Bonchev–Trinajstić information content (AvgIpc) is 2.78. The first kappa shape index (κ1) is 20.5. The van der Waals surface area contributed by atoms with E-state index in [1.54, 1.807) is 14.2 Å². The number of carbonyl (C=O) groups excluding carboxylic acids is 1. The summed E-state index contributed by atoms with van der Waals surface area (Å²) < 4.78 is 10.9. The lowest BCUT2D eigenvalue weighted by atomic mass is 10.1. The predicted molar refractivity (Wildman–Crippen MR) is 117 cm³/mol. The van der Waals surface area contributed by atoms with Crippen molar-refractivity contribution in [3.8, 4) is 11.5 Å². The van der Waals surface area contributed by atoms with Crippen LogP contribution < -0.4 is 14.4 Å². The molecule has 3 rings (SSSR count). The lowest BCUT2D eigenvalue weighted by Crippen LogP contribution is -2.33. The van der Waals surface area contributed by atoms with Gasteiger partial charge in [0.25, 0.3) is 0 Å². The maximum Gasteiger partial charge on any atom is 0.227 e. The minimum atomic E-state index is 0.0944. The molecule has 0 aliphatic heterocycles. The van der Waals surface area contributed by atoms with Crippen molar-refractivity contribution >= 4 is 11.6 Å². The molecule has 0 fully saturated rings. The highest BCUT2D eigenvalue weighted by Crippen LogP contribution is 2.31. The maximum atomic E-state index is 13.1. The van der Waals surface area contributed by atoms with Gasteiger partial charge in [0.1, 0.15) is 0 Å². The van der Waals surface area contributed by atoms with Gasteiger partial charge in [-0.3, -0.25) is 4.79 Å². The third kappa shape index (κ3) is 5.38. The molecule has 4 nitrogen and oxygen atoms in total. The number of methoxy groups -OCH3 is 2. The normalized spacial score (nSPS) is 10.4. The van der Waals surface area contributed by atoms with Gasteiger partial charge in [-0.2, -0.15) is 0 Å². The SMILES string of the molecule is COc1cccc(CCC(=O)N(CCc2ccccc2)c2ccccc2)c1OC. The number of para-hydroxylation sites is 2. The van der Waals surface area contributed by atoms with Crippen LogP contribution in [0.5, 0.6) is 11.5 Å². The molecule has 4 heteroatoms. The van der Waals surface area contributed by atoms with Crippen LogP contribution >= 0.6 is 0 Å². The molecule has 0 radical (unpaired) electrons. The largest absolute Gasteiger partial charge is 0.493 e. The van der Waals surface area contributed by atoms with Crippen LogP contribution in [0.4, 0.5) is 5.69 Å². The summed E-state index contributed by atoms with van der Waals surface area (Å²) in [6, 6.07) is 25.9. The Hall–Kier alpha value is -3.27. The van der Waals surface area contributed by atoms with Crippen molar-refractivity contribution in [2.75, 3.05) is 25.7 Å². The molecule has 0 heterocycles. The van der Waals surface area contributed by atoms with Gasteiger partial charge >= 0.3 is 0 Å². The molecule has 0 aliphatic rings. The fourth-order valence-electron chi connectivity index (χ4n) is 3.42. The number of carbonyl (C=O) groups is 1. The minimum Gasteiger partial charge on any atom is -0.493 e. The van der Waals surface area contributed by atoms with Crippen LogP contribution in [0.15, 0.2) is 78.9 Å². The number of hydrogen-bond donors (Lipinski definition) is 0. The molecule has 0 atom stereocenters. The minimum absolute atomic E-state index is 0.0944. The van der Waals surface area contributed by atoms with Crippen LogP contribution in [-0.2, 0) is 17.6 Å². The van der Waals surface area contributed by atoms with Crippen molar-refractivity contribution < 1.29 is 14.3 Å². The Morgan fingerprint density at radius 1 is 0.793 bits per heavy atom. The fraction of sp³-hybridized carbons (Fsp3) is 0.240. The third-order valence-corrected chi connectivity index (χ3v) is 4.93. The topological polar surface area (TPSA) is 38.8 Å². The molecule has 0 aliphatic carbocycles. The van der Waals surface area contributed by atoms with Crippen LogP contribution in [0.3, 0.4) is 0 Å². The summed E-state index contributed by atoms with van der Waals surface area (Å²) in [4.78, 5) is 15.0. The van der Waals surface area contributed by atoms with Crippen LogP contribution in [-0.4, -0.2) is 26.7 Å². The first-order chi connectivity index (χ1) is 14.2. The monoisotopic (exact) mass is 389 g/mol. The number of hydrogen-bond acceptors (Lipinski definition) is 3. The number of amides is 1. The number of rotatable bonds is 9. The van der Waals surface area contributed by atoms with Crippen molar-refractivity contribution in [1.29, 1.82) is 0 Å². The Morgan fingerprint density at radius 2 is 1.48 bits per heavy atom. The van der Waals surface area contributed by atoms with E-state index in [4.69, 9.17) is 9.47 Å². The summed E-state index contributed by atoms with van der Waals surface area (Å²) in [5.41, 5.74) is 3.11. The zero-order chi connectivity index (χ0) is 20.5. The Morgan fingerprint density at radius 3 is 2.14 bits per heavy atom. The van der Waals surface area contributed by atoms with Crippen LogP contribution in [0.2, 0.25) is 0 Å². The molecule has 0 bridgehead atoms. The van der Waals surface area contributed by atoms with Crippen LogP contribution in [0.25, 0.3) is 0 Å². The third-order valence-electron chi connectivity index (χ3n) is 4.93. The van der Waals surface area contributed by atoms with Gasteiger partial charge in [0.2, 0.25) is 5.91 Å². The Labute approximate surface area is 172 Å². The maximum absolute atomic E-state index is 13.1. The highest BCUT2D eigenvalue weighted by atomic mass is 16.5. The van der Waals surface area contributed by atoms with Gasteiger partial charge in [0.15, 0.2) is 11.5 Å². The van der Waals surface area contributed by atoms with E-state index in [1.807, 2.05) is 71.6 Å². The zero-order valence-electron chi connectivity index (χ0n) is 17.0. The molecule has 29 heavy (non-hydrogen) atoms.